The molecule has 0 rings (SSSR count). The molecule has 0 aromatic rings. The summed E-state index contributed by atoms with van der Waals surface area (Å²) in [5.41, 5.74) is 0.511. The topological polar surface area (TPSA) is 0 Å². The van der Waals surface area contributed by atoms with Crippen LogP contribution in [0.15, 0.2) is 0 Å². The zero-order valence-corrected chi connectivity index (χ0v) is 13.9. The summed E-state index contributed by atoms with van der Waals surface area (Å²) in [6.45, 7) is 11.9. The van der Waals surface area contributed by atoms with Gasteiger partial charge in [-0.25, -0.2) is 0 Å². The van der Waals surface area contributed by atoms with E-state index in [0.717, 1.165) is 5.92 Å². The highest BCUT2D eigenvalue weighted by Crippen LogP contribution is 2.33. The molecular formula is C18H38. The van der Waals surface area contributed by atoms with Crippen molar-refractivity contribution in [2.45, 2.75) is 105 Å². The highest BCUT2D eigenvalue weighted by molar-refractivity contribution is 4.73. The predicted octanol–water partition coefficient (Wildman–Crippen LogP) is 6.98. The third-order valence-electron chi connectivity index (χ3n) is 4.27. The number of hydrogen-bond acceptors (Lipinski definition) is 0. The van der Waals surface area contributed by atoms with Gasteiger partial charge in [-0.2, -0.15) is 0 Å². The van der Waals surface area contributed by atoms with Crippen LogP contribution >= 0.6 is 0 Å². The van der Waals surface area contributed by atoms with Gasteiger partial charge in [-0.15, -0.1) is 0 Å². The molecule has 0 aromatic carbocycles. The average Bonchev–Trinajstić information content (AvgIpc) is 2.30. The summed E-state index contributed by atoms with van der Waals surface area (Å²) in [5.74, 6) is 0.933. The average molecular weight is 255 g/mol. The van der Waals surface area contributed by atoms with Crippen molar-refractivity contribution in [2.75, 3.05) is 0 Å². The van der Waals surface area contributed by atoms with E-state index in [1.165, 1.54) is 70.6 Å². The minimum atomic E-state index is 0.511. The Hall–Kier alpha value is 0. The Morgan fingerprint density at radius 3 is 1.56 bits per heavy atom. The van der Waals surface area contributed by atoms with E-state index in [2.05, 4.69) is 34.6 Å². The van der Waals surface area contributed by atoms with Crippen LogP contribution in [0.25, 0.3) is 0 Å². The largest absolute Gasteiger partial charge is 0.0654 e. The summed E-state index contributed by atoms with van der Waals surface area (Å²) in [6, 6.07) is 0. The molecule has 0 saturated carbocycles. The SMILES string of the molecule is CCCCCCCCCCC(CCC)C(C)(C)C. The predicted molar refractivity (Wildman–Crippen MR) is 85.1 cm³/mol. The smallest absolute Gasteiger partial charge is 0.0354 e. The van der Waals surface area contributed by atoms with Gasteiger partial charge in [-0.3, -0.25) is 0 Å². The second-order valence-electron chi connectivity index (χ2n) is 7.12. The lowest BCUT2D eigenvalue weighted by Crippen LogP contribution is -2.20. The van der Waals surface area contributed by atoms with Gasteiger partial charge in [-0.1, -0.05) is 98.8 Å². The molecule has 0 aliphatic heterocycles. The molecule has 0 radical (unpaired) electrons. The Balaban J connectivity index is 3.50. The molecule has 0 spiro atoms. The summed E-state index contributed by atoms with van der Waals surface area (Å²) in [4.78, 5) is 0. The van der Waals surface area contributed by atoms with E-state index in [9.17, 15) is 0 Å². The third-order valence-corrected chi connectivity index (χ3v) is 4.27. The first-order chi connectivity index (χ1) is 8.52. The molecule has 1 unspecified atom stereocenters. The van der Waals surface area contributed by atoms with Crippen LogP contribution in [0.5, 0.6) is 0 Å². The highest BCUT2D eigenvalue weighted by atomic mass is 14.3. The maximum Gasteiger partial charge on any atom is -0.0354 e. The van der Waals surface area contributed by atoms with E-state index in [-0.39, 0.29) is 0 Å². The maximum atomic E-state index is 2.41. The van der Waals surface area contributed by atoms with Gasteiger partial charge in [0.2, 0.25) is 0 Å². The van der Waals surface area contributed by atoms with E-state index < -0.39 is 0 Å². The van der Waals surface area contributed by atoms with Crippen LogP contribution in [0.4, 0.5) is 0 Å². The quantitative estimate of drug-likeness (QED) is 0.349. The van der Waals surface area contributed by atoms with Gasteiger partial charge in [0.05, 0.1) is 0 Å². The van der Waals surface area contributed by atoms with Gasteiger partial charge in [0, 0.05) is 0 Å². The van der Waals surface area contributed by atoms with Gasteiger partial charge in [0.15, 0.2) is 0 Å². The fourth-order valence-corrected chi connectivity index (χ4v) is 2.88. The van der Waals surface area contributed by atoms with Crippen LogP contribution in [0.2, 0.25) is 0 Å². The van der Waals surface area contributed by atoms with Crippen LogP contribution in [0, 0.1) is 11.3 Å². The van der Waals surface area contributed by atoms with Crippen LogP contribution < -0.4 is 0 Å². The third kappa shape index (κ3) is 9.97. The van der Waals surface area contributed by atoms with Gasteiger partial charge >= 0.3 is 0 Å². The monoisotopic (exact) mass is 254 g/mol. The number of hydrogen-bond donors (Lipinski definition) is 0. The van der Waals surface area contributed by atoms with Crippen molar-refractivity contribution in [1.82, 2.24) is 0 Å². The molecule has 1 atom stereocenters. The second kappa shape index (κ2) is 10.9. The molecular weight excluding hydrogens is 216 g/mol. The Morgan fingerprint density at radius 1 is 0.611 bits per heavy atom. The molecule has 0 saturated heterocycles. The molecule has 110 valence electrons. The molecule has 0 N–H and O–H groups in total. The molecule has 0 heteroatoms. The van der Waals surface area contributed by atoms with E-state index in [4.69, 9.17) is 0 Å². The standard InChI is InChI=1S/C18H38/c1-6-8-9-10-11-12-13-14-16-17(15-7-2)18(3,4)5/h17H,6-16H2,1-5H3. The van der Waals surface area contributed by atoms with Crippen LogP contribution in [0.1, 0.15) is 105 Å². The van der Waals surface area contributed by atoms with Gasteiger partial charge in [0.25, 0.3) is 0 Å². The first-order valence-electron chi connectivity index (χ1n) is 8.52. The van der Waals surface area contributed by atoms with Crippen molar-refractivity contribution in [3.05, 3.63) is 0 Å². The lowest BCUT2D eigenvalue weighted by Gasteiger charge is -2.30. The molecule has 0 bridgehead atoms. The summed E-state index contributed by atoms with van der Waals surface area (Å²) < 4.78 is 0. The molecule has 0 amide bonds. The van der Waals surface area contributed by atoms with Crippen LogP contribution in [-0.4, -0.2) is 0 Å². The first kappa shape index (κ1) is 18.0. The van der Waals surface area contributed by atoms with Crippen molar-refractivity contribution in [2.24, 2.45) is 11.3 Å². The number of unbranched alkanes of at least 4 members (excludes halogenated alkanes) is 7. The minimum absolute atomic E-state index is 0.511. The molecule has 0 nitrogen and oxygen atoms in total. The van der Waals surface area contributed by atoms with Crippen molar-refractivity contribution < 1.29 is 0 Å². The zero-order chi connectivity index (χ0) is 13.9. The molecule has 0 aliphatic rings. The highest BCUT2D eigenvalue weighted by Gasteiger charge is 2.22. The minimum Gasteiger partial charge on any atom is -0.0654 e. The van der Waals surface area contributed by atoms with E-state index in [1.807, 2.05) is 0 Å². The zero-order valence-electron chi connectivity index (χ0n) is 13.9. The summed E-state index contributed by atoms with van der Waals surface area (Å²) in [6.07, 6.45) is 15.8. The summed E-state index contributed by atoms with van der Waals surface area (Å²) >= 11 is 0. The normalized spacial score (nSPS) is 13.8. The van der Waals surface area contributed by atoms with Gasteiger partial charge < -0.3 is 0 Å². The van der Waals surface area contributed by atoms with Crippen molar-refractivity contribution in [3.8, 4) is 0 Å². The van der Waals surface area contributed by atoms with Crippen LogP contribution in [0.3, 0.4) is 0 Å². The fourth-order valence-electron chi connectivity index (χ4n) is 2.88. The summed E-state index contributed by atoms with van der Waals surface area (Å²) in [5, 5.41) is 0. The Bertz CT molecular complexity index is 163. The molecule has 0 fully saturated rings. The van der Waals surface area contributed by atoms with E-state index in [0.29, 0.717) is 5.41 Å². The second-order valence-corrected chi connectivity index (χ2v) is 7.12. The summed E-state index contributed by atoms with van der Waals surface area (Å²) in [7, 11) is 0. The first-order valence-corrected chi connectivity index (χ1v) is 8.52. The lowest BCUT2D eigenvalue weighted by molar-refractivity contribution is 0.205. The van der Waals surface area contributed by atoms with Crippen molar-refractivity contribution in [3.63, 3.8) is 0 Å². The van der Waals surface area contributed by atoms with Gasteiger partial charge in [0.1, 0.15) is 0 Å². The Morgan fingerprint density at radius 2 is 1.11 bits per heavy atom. The van der Waals surface area contributed by atoms with Crippen molar-refractivity contribution >= 4 is 0 Å². The maximum absolute atomic E-state index is 2.41. The fraction of sp³-hybridized carbons (Fsp3) is 1.00. The molecule has 0 aliphatic carbocycles. The Kier molecular flexibility index (Phi) is 10.9. The van der Waals surface area contributed by atoms with Crippen LogP contribution in [-0.2, 0) is 0 Å². The van der Waals surface area contributed by atoms with E-state index >= 15 is 0 Å². The van der Waals surface area contributed by atoms with Crippen molar-refractivity contribution in [1.29, 1.82) is 0 Å². The molecule has 0 heterocycles. The van der Waals surface area contributed by atoms with Gasteiger partial charge in [-0.05, 0) is 17.8 Å². The lowest BCUT2D eigenvalue weighted by atomic mass is 9.75. The Labute approximate surface area is 117 Å². The van der Waals surface area contributed by atoms with E-state index in [1.54, 1.807) is 0 Å². The molecule has 0 aromatic heterocycles. The number of rotatable bonds is 11. The molecule has 18 heavy (non-hydrogen) atoms.